The van der Waals surface area contributed by atoms with Crippen molar-refractivity contribution in [1.82, 2.24) is 25.1 Å². The van der Waals surface area contributed by atoms with Gasteiger partial charge in [-0.15, -0.1) is 0 Å². The average molecular weight is 445 g/mol. The summed E-state index contributed by atoms with van der Waals surface area (Å²) in [6, 6.07) is 5.89. The number of benzene rings is 1. The van der Waals surface area contributed by atoms with Crippen molar-refractivity contribution < 1.29 is 14.0 Å². The average Bonchev–Trinajstić information content (AvgIpc) is 3.38. The van der Waals surface area contributed by atoms with Crippen molar-refractivity contribution in [2.75, 3.05) is 5.32 Å². The number of hydrogen-bond acceptors (Lipinski definition) is 6. The molecule has 0 atom stereocenters. The van der Waals surface area contributed by atoms with Gasteiger partial charge in [0.15, 0.2) is 11.5 Å². The number of carbonyl (C=O) groups excluding carboxylic acids is 2. The third kappa shape index (κ3) is 3.87. The molecule has 1 aromatic carbocycles. The zero-order valence-electron chi connectivity index (χ0n) is 15.5. The molecule has 0 aliphatic carbocycles. The number of hydrogen-bond donors (Lipinski definition) is 2. The molecule has 152 valence electrons. The molecule has 4 rings (SSSR count). The minimum absolute atomic E-state index is 0.0242. The normalized spacial score (nSPS) is 10.9. The molecule has 30 heavy (non-hydrogen) atoms. The Balaban J connectivity index is 1.58. The van der Waals surface area contributed by atoms with Crippen LogP contribution in [0.2, 0.25) is 5.02 Å². The smallest absolute Gasteiger partial charge is 0.272 e. The van der Waals surface area contributed by atoms with Gasteiger partial charge in [-0.3, -0.25) is 14.3 Å². The summed E-state index contributed by atoms with van der Waals surface area (Å²) in [5.74, 6) is -1.10. The minimum atomic E-state index is -0.531. The van der Waals surface area contributed by atoms with E-state index < -0.39 is 11.7 Å². The van der Waals surface area contributed by atoms with Crippen LogP contribution in [0.5, 0.6) is 0 Å². The van der Waals surface area contributed by atoms with Gasteiger partial charge in [0.1, 0.15) is 23.2 Å². The van der Waals surface area contributed by atoms with Gasteiger partial charge in [-0.1, -0.05) is 17.7 Å². The van der Waals surface area contributed by atoms with E-state index in [0.717, 1.165) is 0 Å². The van der Waals surface area contributed by atoms with Gasteiger partial charge in [0, 0.05) is 19.0 Å². The third-order valence-electron chi connectivity index (χ3n) is 4.29. The minimum Gasteiger partial charge on any atom is -0.347 e. The maximum Gasteiger partial charge on any atom is 0.272 e. The lowest BCUT2D eigenvalue weighted by Crippen LogP contribution is -2.24. The molecule has 0 aliphatic heterocycles. The SMILES string of the molecule is Cn1nc(NC(=O)c2ccsc2)c2ncnc(C(=O)NCc3ccc(F)c(Cl)c3)c21. The van der Waals surface area contributed by atoms with E-state index in [9.17, 15) is 14.0 Å². The monoisotopic (exact) mass is 444 g/mol. The summed E-state index contributed by atoms with van der Waals surface area (Å²) in [6.45, 7) is 0.129. The fourth-order valence-electron chi connectivity index (χ4n) is 2.85. The Kier molecular flexibility index (Phi) is 5.42. The molecule has 4 aromatic rings. The molecule has 3 aromatic heterocycles. The molecule has 0 saturated heterocycles. The number of halogens is 2. The van der Waals surface area contributed by atoms with Gasteiger partial charge in [-0.2, -0.15) is 16.4 Å². The number of carbonyl (C=O) groups is 2. The van der Waals surface area contributed by atoms with E-state index >= 15 is 0 Å². The van der Waals surface area contributed by atoms with Crippen molar-refractivity contribution in [2.45, 2.75) is 6.54 Å². The fourth-order valence-corrected chi connectivity index (χ4v) is 3.68. The maximum atomic E-state index is 13.3. The van der Waals surface area contributed by atoms with Crippen LogP contribution in [0.1, 0.15) is 26.4 Å². The lowest BCUT2D eigenvalue weighted by Gasteiger charge is -2.07. The number of thiophene rings is 1. The summed E-state index contributed by atoms with van der Waals surface area (Å²) in [6.07, 6.45) is 1.23. The predicted molar refractivity (Wildman–Crippen MR) is 111 cm³/mol. The van der Waals surface area contributed by atoms with Crippen molar-refractivity contribution in [3.05, 3.63) is 69.0 Å². The van der Waals surface area contributed by atoms with Crippen LogP contribution in [0.3, 0.4) is 0 Å². The van der Waals surface area contributed by atoms with E-state index in [0.29, 0.717) is 22.2 Å². The number of aromatic nitrogens is 4. The second-order valence-electron chi connectivity index (χ2n) is 6.29. The Bertz CT molecular complexity index is 1260. The standard InChI is InChI=1S/C19H14ClFN6O2S/c1-27-16-14(17(26-27)25-18(28)11-4-5-30-8-11)23-9-24-15(16)19(29)22-7-10-2-3-13(21)12(20)6-10/h2-6,8-9H,7H2,1H3,(H,22,29)(H,25,26,28). The third-order valence-corrected chi connectivity index (χ3v) is 5.26. The molecule has 0 unspecified atom stereocenters. The van der Waals surface area contributed by atoms with Crippen molar-refractivity contribution in [3.8, 4) is 0 Å². The number of aryl methyl sites for hydroxylation is 1. The first-order valence-electron chi connectivity index (χ1n) is 8.67. The Hall–Kier alpha value is -3.37. The van der Waals surface area contributed by atoms with E-state index in [2.05, 4.69) is 25.7 Å². The first-order valence-corrected chi connectivity index (χ1v) is 9.99. The van der Waals surface area contributed by atoms with Gasteiger partial charge < -0.3 is 10.6 Å². The van der Waals surface area contributed by atoms with Crippen LogP contribution < -0.4 is 10.6 Å². The maximum absolute atomic E-state index is 13.3. The van der Waals surface area contributed by atoms with Gasteiger partial charge in [-0.05, 0) is 29.1 Å². The Morgan fingerprint density at radius 1 is 1.23 bits per heavy atom. The topological polar surface area (TPSA) is 102 Å². The van der Waals surface area contributed by atoms with Gasteiger partial charge >= 0.3 is 0 Å². The Morgan fingerprint density at radius 2 is 2.07 bits per heavy atom. The highest BCUT2D eigenvalue weighted by Crippen LogP contribution is 2.23. The number of nitrogens with one attached hydrogen (secondary N) is 2. The van der Waals surface area contributed by atoms with Crippen LogP contribution in [-0.2, 0) is 13.6 Å². The fraction of sp³-hybridized carbons (Fsp3) is 0.105. The van der Waals surface area contributed by atoms with Crippen LogP contribution >= 0.6 is 22.9 Å². The van der Waals surface area contributed by atoms with Gasteiger partial charge in [0.05, 0.1) is 10.6 Å². The summed E-state index contributed by atoms with van der Waals surface area (Å²) < 4.78 is 14.7. The number of rotatable bonds is 5. The lowest BCUT2D eigenvalue weighted by molar-refractivity contribution is 0.0946. The molecule has 0 fully saturated rings. The summed E-state index contributed by atoms with van der Waals surface area (Å²) in [5, 5.41) is 13.2. The summed E-state index contributed by atoms with van der Waals surface area (Å²) in [7, 11) is 1.63. The van der Waals surface area contributed by atoms with E-state index in [4.69, 9.17) is 11.6 Å². The second-order valence-corrected chi connectivity index (χ2v) is 7.48. The Morgan fingerprint density at radius 3 is 2.80 bits per heavy atom. The summed E-state index contributed by atoms with van der Waals surface area (Å²) in [5.41, 5.74) is 1.94. The van der Waals surface area contributed by atoms with Gasteiger partial charge in [-0.25, -0.2) is 14.4 Å². The second kappa shape index (κ2) is 8.17. The van der Waals surface area contributed by atoms with Crippen LogP contribution in [0.4, 0.5) is 10.2 Å². The van der Waals surface area contributed by atoms with Crippen LogP contribution in [-0.4, -0.2) is 31.6 Å². The van der Waals surface area contributed by atoms with Crippen LogP contribution in [0.15, 0.2) is 41.4 Å². The highest BCUT2D eigenvalue weighted by Gasteiger charge is 2.21. The number of anilines is 1. The quantitative estimate of drug-likeness (QED) is 0.491. The van der Waals surface area contributed by atoms with E-state index in [1.54, 1.807) is 23.9 Å². The number of amides is 2. The van der Waals surface area contributed by atoms with Gasteiger partial charge in [0.25, 0.3) is 11.8 Å². The molecule has 0 aliphatic rings. The van der Waals surface area contributed by atoms with Crippen molar-refractivity contribution in [2.24, 2.45) is 7.05 Å². The zero-order chi connectivity index (χ0) is 21.3. The van der Waals surface area contributed by atoms with Crippen molar-refractivity contribution in [1.29, 1.82) is 0 Å². The molecule has 2 amide bonds. The molecule has 0 spiro atoms. The first kappa shape index (κ1) is 19.9. The Labute approximate surface area is 178 Å². The van der Waals surface area contributed by atoms with E-state index in [1.165, 1.54) is 40.5 Å². The van der Waals surface area contributed by atoms with Crippen LogP contribution in [0, 0.1) is 5.82 Å². The molecule has 8 nitrogen and oxygen atoms in total. The van der Waals surface area contributed by atoms with Crippen LogP contribution in [0.25, 0.3) is 11.0 Å². The summed E-state index contributed by atoms with van der Waals surface area (Å²) >= 11 is 7.18. The lowest BCUT2D eigenvalue weighted by atomic mass is 10.2. The molecule has 2 N–H and O–H groups in total. The zero-order valence-corrected chi connectivity index (χ0v) is 17.1. The van der Waals surface area contributed by atoms with E-state index in [1.807, 2.05) is 0 Å². The summed E-state index contributed by atoms with van der Waals surface area (Å²) in [4.78, 5) is 33.3. The molecule has 0 saturated carbocycles. The van der Waals surface area contributed by atoms with Gasteiger partial charge in [0.2, 0.25) is 0 Å². The molecular formula is C19H14ClFN6O2S. The number of fused-ring (bicyclic) bond motifs is 1. The largest absolute Gasteiger partial charge is 0.347 e. The molecule has 0 radical (unpaired) electrons. The highest BCUT2D eigenvalue weighted by molar-refractivity contribution is 7.08. The van der Waals surface area contributed by atoms with E-state index in [-0.39, 0.29) is 29.0 Å². The molecule has 3 heterocycles. The molecule has 11 heteroatoms. The highest BCUT2D eigenvalue weighted by atomic mass is 35.5. The first-order chi connectivity index (χ1) is 14.4. The number of nitrogens with zero attached hydrogens (tertiary/aromatic N) is 4. The predicted octanol–water partition coefficient (Wildman–Crippen LogP) is 3.40. The van der Waals surface area contributed by atoms with Crippen molar-refractivity contribution in [3.63, 3.8) is 0 Å². The molecule has 0 bridgehead atoms. The van der Waals surface area contributed by atoms with Crippen molar-refractivity contribution >= 4 is 51.6 Å². The molecular weight excluding hydrogens is 431 g/mol.